The zero-order valence-electron chi connectivity index (χ0n) is 11.9. The molecule has 0 spiro atoms. The van der Waals surface area contributed by atoms with Crippen LogP contribution in [0.5, 0.6) is 0 Å². The van der Waals surface area contributed by atoms with E-state index in [-0.39, 0.29) is 11.7 Å². The van der Waals surface area contributed by atoms with Crippen molar-refractivity contribution in [3.63, 3.8) is 0 Å². The average Bonchev–Trinajstić information content (AvgIpc) is 3.03. The van der Waals surface area contributed by atoms with Crippen molar-refractivity contribution >= 4 is 39.3 Å². The number of nitrogens with zero attached hydrogens (tertiary/aromatic N) is 2. The minimum Gasteiger partial charge on any atom is -0.411 e. The summed E-state index contributed by atoms with van der Waals surface area (Å²) in [5.74, 6) is 0.497. The second-order valence-corrected chi connectivity index (χ2v) is 6.34. The molecule has 2 aromatic carbocycles. The summed E-state index contributed by atoms with van der Waals surface area (Å²) in [4.78, 5) is 11.9. The van der Waals surface area contributed by atoms with Gasteiger partial charge in [0.15, 0.2) is 0 Å². The quantitative estimate of drug-likeness (QED) is 0.661. The topological polar surface area (TPSA) is 68.0 Å². The smallest absolute Gasteiger partial charge is 0.277 e. The summed E-state index contributed by atoms with van der Waals surface area (Å²) in [6, 6.07) is 16.9. The number of thioether (sulfide) groups is 1. The number of hydrogen-bond acceptors (Lipinski definition) is 5. The molecular formula is C16H12BrN3O2S. The minimum absolute atomic E-state index is 0.123. The maximum absolute atomic E-state index is 11.9. The lowest BCUT2D eigenvalue weighted by Crippen LogP contribution is -2.13. The number of anilines is 1. The van der Waals surface area contributed by atoms with E-state index in [9.17, 15) is 4.79 Å². The van der Waals surface area contributed by atoms with Gasteiger partial charge in [-0.25, -0.2) is 0 Å². The fraction of sp³-hybridized carbons (Fsp3) is 0.0625. The molecule has 0 radical (unpaired) electrons. The van der Waals surface area contributed by atoms with Crippen LogP contribution in [0.25, 0.3) is 11.5 Å². The van der Waals surface area contributed by atoms with Crippen LogP contribution >= 0.6 is 27.7 Å². The Kier molecular flexibility index (Phi) is 5.09. The van der Waals surface area contributed by atoms with Crippen LogP contribution in [0, 0.1) is 0 Å². The zero-order chi connectivity index (χ0) is 16.1. The van der Waals surface area contributed by atoms with E-state index in [1.54, 1.807) is 0 Å². The van der Waals surface area contributed by atoms with Gasteiger partial charge in [0.1, 0.15) is 0 Å². The van der Waals surface area contributed by atoms with E-state index >= 15 is 0 Å². The number of rotatable bonds is 5. The van der Waals surface area contributed by atoms with Crippen LogP contribution in [0.3, 0.4) is 0 Å². The fourth-order valence-corrected chi connectivity index (χ4v) is 2.87. The summed E-state index contributed by atoms with van der Waals surface area (Å²) in [7, 11) is 0. The van der Waals surface area contributed by atoms with Crippen LogP contribution in [-0.2, 0) is 4.79 Å². The number of carbonyl (C=O) groups excluding carboxylic acids is 1. The van der Waals surface area contributed by atoms with Crippen LogP contribution < -0.4 is 5.32 Å². The maximum atomic E-state index is 11.9. The number of hydrogen-bond donors (Lipinski definition) is 1. The Morgan fingerprint density at radius 1 is 1.09 bits per heavy atom. The Labute approximate surface area is 145 Å². The molecule has 1 N–H and O–H groups in total. The summed E-state index contributed by atoms with van der Waals surface area (Å²) in [5.41, 5.74) is 1.58. The highest BCUT2D eigenvalue weighted by Gasteiger charge is 2.13. The number of para-hydroxylation sites is 1. The van der Waals surface area contributed by atoms with E-state index < -0.39 is 0 Å². The number of amides is 1. The Hall–Kier alpha value is -2.12. The first-order valence-electron chi connectivity index (χ1n) is 6.78. The van der Waals surface area contributed by atoms with E-state index in [0.29, 0.717) is 11.1 Å². The molecule has 5 nitrogen and oxygen atoms in total. The van der Waals surface area contributed by atoms with Crippen LogP contribution in [0.2, 0.25) is 0 Å². The molecule has 0 aliphatic heterocycles. The van der Waals surface area contributed by atoms with Gasteiger partial charge in [0.05, 0.1) is 11.3 Å². The minimum atomic E-state index is -0.123. The predicted octanol–water partition coefficient (Wildman–Crippen LogP) is 4.23. The van der Waals surface area contributed by atoms with E-state index in [0.717, 1.165) is 15.7 Å². The Morgan fingerprint density at radius 3 is 2.61 bits per heavy atom. The molecule has 0 atom stereocenters. The molecule has 7 heteroatoms. The first-order valence-corrected chi connectivity index (χ1v) is 8.56. The van der Waals surface area contributed by atoms with Crippen molar-refractivity contribution in [2.45, 2.75) is 5.22 Å². The molecule has 1 amide bonds. The van der Waals surface area contributed by atoms with E-state index in [1.807, 2.05) is 54.6 Å². The van der Waals surface area contributed by atoms with E-state index in [2.05, 4.69) is 31.4 Å². The van der Waals surface area contributed by atoms with E-state index in [4.69, 9.17) is 4.42 Å². The van der Waals surface area contributed by atoms with Gasteiger partial charge in [0.2, 0.25) is 11.8 Å². The number of nitrogens with one attached hydrogen (secondary N) is 1. The van der Waals surface area contributed by atoms with Crippen molar-refractivity contribution in [1.82, 2.24) is 10.2 Å². The molecular weight excluding hydrogens is 378 g/mol. The maximum Gasteiger partial charge on any atom is 0.277 e. The number of halogens is 1. The van der Waals surface area contributed by atoms with Crippen LogP contribution in [0.4, 0.5) is 5.69 Å². The van der Waals surface area contributed by atoms with Gasteiger partial charge in [-0.05, 0) is 40.2 Å². The van der Waals surface area contributed by atoms with Gasteiger partial charge in [0, 0.05) is 10.2 Å². The zero-order valence-corrected chi connectivity index (χ0v) is 14.3. The molecule has 0 saturated heterocycles. The third kappa shape index (κ3) is 4.20. The largest absolute Gasteiger partial charge is 0.411 e. The number of benzene rings is 2. The fourth-order valence-electron chi connectivity index (χ4n) is 1.86. The van der Waals surface area contributed by atoms with Gasteiger partial charge >= 0.3 is 0 Å². The summed E-state index contributed by atoms with van der Waals surface area (Å²) in [6.45, 7) is 0. The Morgan fingerprint density at radius 2 is 1.83 bits per heavy atom. The Balaban J connectivity index is 1.59. The molecule has 116 valence electrons. The highest BCUT2D eigenvalue weighted by atomic mass is 79.9. The third-order valence-corrected chi connectivity index (χ3v) is 4.40. The summed E-state index contributed by atoms with van der Waals surface area (Å²) in [5, 5.41) is 11.1. The van der Waals surface area contributed by atoms with Crippen LogP contribution in [-0.4, -0.2) is 21.9 Å². The molecule has 0 aliphatic carbocycles. The Bertz CT molecular complexity index is 808. The molecule has 23 heavy (non-hydrogen) atoms. The van der Waals surface area contributed by atoms with Crippen molar-refractivity contribution in [1.29, 1.82) is 0 Å². The van der Waals surface area contributed by atoms with Gasteiger partial charge in [-0.1, -0.05) is 42.1 Å². The molecule has 0 unspecified atom stereocenters. The molecule has 0 saturated carbocycles. The molecule has 3 aromatic rings. The SMILES string of the molecule is O=C(CSc1nnc(-c2ccccc2Br)o1)Nc1ccccc1. The first kappa shape index (κ1) is 15.8. The molecule has 1 aromatic heterocycles. The van der Waals surface area contributed by atoms with Gasteiger partial charge in [-0.3, -0.25) is 4.79 Å². The standard InChI is InChI=1S/C16H12BrN3O2S/c17-13-9-5-4-8-12(13)15-19-20-16(22-15)23-10-14(21)18-11-6-2-1-3-7-11/h1-9H,10H2,(H,18,21). The van der Waals surface area contributed by atoms with Crippen LogP contribution in [0.15, 0.2) is 68.7 Å². The van der Waals surface area contributed by atoms with Crippen molar-refractivity contribution in [3.8, 4) is 11.5 Å². The lowest BCUT2D eigenvalue weighted by Gasteiger charge is -2.02. The highest BCUT2D eigenvalue weighted by Crippen LogP contribution is 2.28. The number of aromatic nitrogens is 2. The van der Waals surface area contributed by atoms with E-state index in [1.165, 1.54) is 11.8 Å². The monoisotopic (exact) mass is 389 g/mol. The lowest BCUT2D eigenvalue weighted by molar-refractivity contribution is -0.113. The number of carbonyl (C=O) groups is 1. The third-order valence-electron chi connectivity index (χ3n) is 2.90. The summed E-state index contributed by atoms with van der Waals surface area (Å²) < 4.78 is 6.46. The lowest BCUT2D eigenvalue weighted by atomic mass is 10.2. The molecule has 0 fully saturated rings. The predicted molar refractivity (Wildman–Crippen MR) is 93.2 cm³/mol. The van der Waals surface area contributed by atoms with Gasteiger partial charge in [-0.2, -0.15) is 0 Å². The van der Waals surface area contributed by atoms with Gasteiger partial charge < -0.3 is 9.73 Å². The molecule has 0 aliphatic rings. The highest BCUT2D eigenvalue weighted by molar-refractivity contribution is 9.10. The molecule has 0 bridgehead atoms. The van der Waals surface area contributed by atoms with Crippen molar-refractivity contribution in [2.24, 2.45) is 0 Å². The van der Waals surface area contributed by atoms with Crippen molar-refractivity contribution in [2.75, 3.05) is 11.1 Å². The summed E-state index contributed by atoms with van der Waals surface area (Å²) >= 11 is 4.64. The van der Waals surface area contributed by atoms with Gasteiger partial charge in [0.25, 0.3) is 5.22 Å². The summed E-state index contributed by atoms with van der Waals surface area (Å²) in [6.07, 6.45) is 0. The molecule has 1 heterocycles. The normalized spacial score (nSPS) is 10.5. The van der Waals surface area contributed by atoms with Gasteiger partial charge in [-0.15, -0.1) is 10.2 Å². The first-order chi connectivity index (χ1) is 11.2. The van der Waals surface area contributed by atoms with Crippen LogP contribution in [0.1, 0.15) is 0 Å². The second-order valence-electron chi connectivity index (χ2n) is 4.56. The van der Waals surface area contributed by atoms with Crippen molar-refractivity contribution < 1.29 is 9.21 Å². The average molecular weight is 390 g/mol. The van der Waals surface area contributed by atoms with Crippen molar-refractivity contribution in [3.05, 3.63) is 59.1 Å². The second kappa shape index (κ2) is 7.43. The molecule has 3 rings (SSSR count).